The molecule has 2 heterocycles. The molecule has 0 fully saturated rings. The number of amides is 1. The van der Waals surface area contributed by atoms with E-state index in [-0.39, 0.29) is 18.5 Å². The van der Waals surface area contributed by atoms with Gasteiger partial charge in [-0.15, -0.1) is 0 Å². The molecule has 2 aromatic heterocycles. The van der Waals surface area contributed by atoms with E-state index >= 15 is 0 Å². The smallest absolute Gasteiger partial charge is 0.234 e. The Bertz CT molecular complexity index is 859. The Morgan fingerprint density at radius 3 is 2.67 bits per heavy atom. The van der Waals surface area contributed by atoms with E-state index in [0.717, 1.165) is 16.8 Å². The monoisotopic (exact) mass is 363 g/mol. The fourth-order valence-corrected chi connectivity index (χ4v) is 2.87. The number of rotatable bonds is 8. The zero-order valence-electron chi connectivity index (χ0n) is 15.7. The minimum atomic E-state index is -0.00962. The fraction of sp³-hybridized carbons (Fsp3) is 0.286. The van der Waals surface area contributed by atoms with Crippen LogP contribution in [0.1, 0.15) is 25.0 Å². The summed E-state index contributed by atoms with van der Waals surface area (Å²) in [5.41, 5.74) is 4.08. The maximum Gasteiger partial charge on any atom is 0.234 e. The number of hydrogen-bond acceptors (Lipinski definition) is 4. The quantitative estimate of drug-likeness (QED) is 0.645. The van der Waals surface area contributed by atoms with Crippen LogP contribution in [0.25, 0.3) is 11.3 Å². The molecule has 27 heavy (non-hydrogen) atoms. The van der Waals surface area contributed by atoms with Gasteiger partial charge in [-0.2, -0.15) is 5.10 Å². The summed E-state index contributed by atoms with van der Waals surface area (Å²) in [6, 6.07) is 14.3. The third-order valence-electron chi connectivity index (χ3n) is 4.01. The first kappa shape index (κ1) is 18.8. The van der Waals surface area contributed by atoms with Gasteiger partial charge in [0, 0.05) is 42.3 Å². The number of aromatic nitrogens is 3. The summed E-state index contributed by atoms with van der Waals surface area (Å²) in [6.45, 7) is 5.43. The van der Waals surface area contributed by atoms with E-state index in [2.05, 4.69) is 27.8 Å². The normalized spacial score (nSPS) is 10.9. The Kier molecular flexibility index (Phi) is 6.33. The van der Waals surface area contributed by atoms with Crippen molar-refractivity contribution in [2.75, 3.05) is 6.54 Å². The summed E-state index contributed by atoms with van der Waals surface area (Å²) < 4.78 is 1.93. The van der Waals surface area contributed by atoms with Crippen molar-refractivity contribution in [2.24, 2.45) is 0 Å². The predicted molar refractivity (Wildman–Crippen MR) is 106 cm³/mol. The molecule has 0 aliphatic carbocycles. The van der Waals surface area contributed by atoms with Crippen LogP contribution in [0.3, 0.4) is 0 Å². The minimum Gasteiger partial charge on any atom is -0.353 e. The van der Waals surface area contributed by atoms with E-state index in [1.54, 1.807) is 6.20 Å². The first-order chi connectivity index (χ1) is 13.1. The van der Waals surface area contributed by atoms with Gasteiger partial charge < -0.3 is 10.6 Å². The Morgan fingerprint density at radius 1 is 1.15 bits per heavy atom. The molecule has 1 aromatic carbocycles. The van der Waals surface area contributed by atoms with Gasteiger partial charge in [-0.1, -0.05) is 30.3 Å². The maximum atomic E-state index is 11.8. The van der Waals surface area contributed by atoms with Crippen LogP contribution >= 0.6 is 0 Å². The average molecular weight is 363 g/mol. The first-order valence-corrected chi connectivity index (χ1v) is 9.12. The fourth-order valence-electron chi connectivity index (χ4n) is 2.87. The zero-order chi connectivity index (χ0) is 19.1. The lowest BCUT2D eigenvalue weighted by molar-refractivity contribution is -0.120. The van der Waals surface area contributed by atoms with Crippen molar-refractivity contribution in [2.45, 2.75) is 33.0 Å². The largest absolute Gasteiger partial charge is 0.353 e. The first-order valence-electron chi connectivity index (χ1n) is 9.12. The lowest BCUT2D eigenvalue weighted by atomic mass is 10.1. The second kappa shape index (κ2) is 9.09. The molecule has 1 amide bonds. The highest BCUT2D eigenvalue weighted by Gasteiger charge is 2.12. The lowest BCUT2D eigenvalue weighted by Crippen LogP contribution is -2.37. The molecule has 3 aromatic rings. The van der Waals surface area contributed by atoms with Crippen molar-refractivity contribution >= 4 is 5.91 Å². The molecular formula is C21H25N5O. The Hall–Kier alpha value is -2.99. The number of pyridine rings is 1. The Labute approximate surface area is 159 Å². The van der Waals surface area contributed by atoms with Crippen LogP contribution in [-0.2, 0) is 17.9 Å². The van der Waals surface area contributed by atoms with Crippen molar-refractivity contribution in [3.63, 3.8) is 0 Å². The summed E-state index contributed by atoms with van der Waals surface area (Å²) in [7, 11) is 0. The highest BCUT2D eigenvalue weighted by molar-refractivity contribution is 5.78. The number of benzene rings is 1. The van der Waals surface area contributed by atoms with Crippen LogP contribution in [0, 0.1) is 0 Å². The number of carbonyl (C=O) groups excluding carboxylic acids is 1. The summed E-state index contributed by atoms with van der Waals surface area (Å²) in [4.78, 5) is 16.0. The van der Waals surface area contributed by atoms with Crippen LogP contribution in [-0.4, -0.2) is 33.3 Å². The molecule has 0 spiro atoms. The van der Waals surface area contributed by atoms with Gasteiger partial charge in [0.1, 0.15) is 0 Å². The third-order valence-corrected chi connectivity index (χ3v) is 4.01. The molecule has 2 N–H and O–H groups in total. The van der Waals surface area contributed by atoms with Gasteiger partial charge in [0.25, 0.3) is 0 Å². The average Bonchev–Trinajstić information content (AvgIpc) is 3.05. The summed E-state index contributed by atoms with van der Waals surface area (Å²) in [5, 5.41) is 10.8. The third kappa shape index (κ3) is 5.49. The van der Waals surface area contributed by atoms with E-state index in [1.807, 2.05) is 61.3 Å². The van der Waals surface area contributed by atoms with E-state index in [4.69, 9.17) is 5.10 Å². The maximum absolute atomic E-state index is 11.8. The second-order valence-electron chi connectivity index (χ2n) is 6.75. The number of nitrogens with zero attached hydrogens (tertiary/aromatic N) is 3. The van der Waals surface area contributed by atoms with Crippen LogP contribution in [0.2, 0.25) is 0 Å². The van der Waals surface area contributed by atoms with Crippen LogP contribution < -0.4 is 10.6 Å². The van der Waals surface area contributed by atoms with Gasteiger partial charge in [-0.3, -0.25) is 14.5 Å². The van der Waals surface area contributed by atoms with Crippen molar-refractivity contribution in [3.05, 3.63) is 72.2 Å². The second-order valence-corrected chi connectivity index (χ2v) is 6.75. The highest BCUT2D eigenvalue weighted by atomic mass is 16.1. The topological polar surface area (TPSA) is 71.8 Å². The molecule has 0 unspecified atom stereocenters. The van der Waals surface area contributed by atoms with E-state index < -0.39 is 0 Å². The zero-order valence-corrected chi connectivity index (χ0v) is 15.7. The van der Waals surface area contributed by atoms with E-state index in [9.17, 15) is 4.79 Å². The van der Waals surface area contributed by atoms with Crippen molar-refractivity contribution in [1.29, 1.82) is 0 Å². The summed E-state index contributed by atoms with van der Waals surface area (Å²) >= 11 is 0. The van der Waals surface area contributed by atoms with Crippen LogP contribution in [0.15, 0.2) is 61.1 Å². The molecule has 140 valence electrons. The van der Waals surface area contributed by atoms with Gasteiger partial charge in [-0.05, 0) is 31.5 Å². The van der Waals surface area contributed by atoms with Gasteiger partial charge in [0.15, 0.2) is 0 Å². The highest BCUT2D eigenvalue weighted by Crippen LogP contribution is 2.21. The molecule has 6 nitrogen and oxygen atoms in total. The molecule has 0 aliphatic heterocycles. The summed E-state index contributed by atoms with van der Waals surface area (Å²) in [6.07, 6.45) is 5.59. The van der Waals surface area contributed by atoms with Gasteiger partial charge >= 0.3 is 0 Å². The van der Waals surface area contributed by atoms with Gasteiger partial charge in [0.2, 0.25) is 5.91 Å². The molecule has 0 saturated carbocycles. The molecule has 3 rings (SSSR count). The van der Waals surface area contributed by atoms with E-state index in [1.165, 1.54) is 5.56 Å². The molecule has 0 saturated heterocycles. The molecule has 0 aliphatic rings. The Balaban J connectivity index is 1.75. The van der Waals surface area contributed by atoms with Gasteiger partial charge in [0.05, 0.1) is 18.8 Å². The predicted octanol–water partition coefficient (Wildman–Crippen LogP) is 2.61. The van der Waals surface area contributed by atoms with Crippen LogP contribution in [0.5, 0.6) is 0 Å². The molecule has 0 atom stereocenters. The van der Waals surface area contributed by atoms with Crippen molar-refractivity contribution < 1.29 is 4.79 Å². The Morgan fingerprint density at radius 2 is 1.96 bits per heavy atom. The number of hydrogen-bond donors (Lipinski definition) is 2. The SMILES string of the molecule is CC(C)NC(=O)CNCc1cn(Cc2ccccc2)nc1-c1cccnc1. The molecular weight excluding hydrogens is 338 g/mol. The standard InChI is InChI=1S/C21H25N5O/c1-16(2)24-20(27)13-23-12-19-15-26(14-17-7-4-3-5-8-17)25-21(19)18-9-6-10-22-11-18/h3-11,15-16,23H,12-14H2,1-2H3,(H,24,27). The van der Waals surface area contributed by atoms with E-state index in [0.29, 0.717) is 13.1 Å². The summed E-state index contributed by atoms with van der Waals surface area (Å²) in [5.74, 6) is -0.00962. The molecule has 6 heteroatoms. The van der Waals surface area contributed by atoms with Crippen molar-refractivity contribution in [3.8, 4) is 11.3 Å². The van der Waals surface area contributed by atoms with Crippen LogP contribution in [0.4, 0.5) is 0 Å². The molecule has 0 radical (unpaired) electrons. The lowest BCUT2D eigenvalue weighted by Gasteiger charge is -2.09. The minimum absolute atomic E-state index is 0.00962. The number of nitrogens with one attached hydrogen (secondary N) is 2. The molecule has 0 bridgehead atoms. The van der Waals surface area contributed by atoms with Gasteiger partial charge in [-0.25, -0.2) is 0 Å². The number of carbonyl (C=O) groups is 1. The van der Waals surface area contributed by atoms with Crippen molar-refractivity contribution in [1.82, 2.24) is 25.4 Å².